The second kappa shape index (κ2) is 4.46. The van der Waals surface area contributed by atoms with Gasteiger partial charge in [0.05, 0.1) is 17.2 Å². The number of hydrogen-bond donors (Lipinski definition) is 1. The van der Waals surface area contributed by atoms with Crippen molar-refractivity contribution in [3.05, 3.63) is 29.1 Å². The highest BCUT2D eigenvalue weighted by molar-refractivity contribution is 6.52. The topological polar surface area (TPSA) is 80.5 Å². The average molecular weight is 264 g/mol. The summed E-state index contributed by atoms with van der Waals surface area (Å²) in [5.41, 5.74) is 6.04. The molecule has 5 nitrogen and oxygen atoms in total. The van der Waals surface area contributed by atoms with Crippen molar-refractivity contribution in [1.82, 2.24) is 0 Å². The lowest BCUT2D eigenvalue weighted by atomic mass is 10.1. The number of ketones is 1. The van der Waals surface area contributed by atoms with Crippen LogP contribution in [0.5, 0.6) is 0 Å². The first kappa shape index (κ1) is 13.2. The fourth-order valence-corrected chi connectivity index (χ4v) is 2.14. The zero-order chi connectivity index (χ0) is 14.3. The Balaban J connectivity index is 2.47. The van der Waals surface area contributed by atoms with Crippen LogP contribution in [0.1, 0.15) is 22.8 Å². The molecule has 1 aromatic rings. The number of fused-ring (bicyclic) bond motifs is 1. The van der Waals surface area contributed by atoms with E-state index >= 15 is 0 Å². The molecule has 1 aromatic carbocycles. The quantitative estimate of drug-likeness (QED) is 0.819. The van der Waals surface area contributed by atoms with Gasteiger partial charge in [-0.05, 0) is 24.6 Å². The van der Waals surface area contributed by atoms with Crippen molar-refractivity contribution in [3.63, 3.8) is 0 Å². The van der Waals surface area contributed by atoms with Gasteiger partial charge < -0.3 is 10.6 Å². The number of anilines is 1. The molecule has 1 aliphatic rings. The molecule has 0 bridgehead atoms. The van der Waals surface area contributed by atoms with Crippen LogP contribution in [0.25, 0.3) is 0 Å². The summed E-state index contributed by atoms with van der Waals surface area (Å²) >= 11 is 0. The number of hydrogen-bond acceptors (Lipinski definition) is 3. The summed E-state index contributed by atoms with van der Waals surface area (Å²) in [5, 5.41) is 0. The second-order valence-electron chi connectivity index (χ2n) is 4.67. The van der Waals surface area contributed by atoms with Crippen LogP contribution in [0.2, 0.25) is 0 Å². The molecule has 2 rings (SSSR count). The molecule has 2 N–H and O–H groups in total. The number of benzene rings is 1. The molecule has 1 heterocycles. The van der Waals surface area contributed by atoms with E-state index in [1.54, 1.807) is 13.8 Å². The molecular formula is C13H13FN2O3. The summed E-state index contributed by atoms with van der Waals surface area (Å²) in [4.78, 5) is 35.9. The largest absolute Gasteiger partial charge is 0.369 e. The van der Waals surface area contributed by atoms with Gasteiger partial charge in [0.25, 0.3) is 11.7 Å². The monoisotopic (exact) mass is 264 g/mol. The van der Waals surface area contributed by atoms with Crippen molar-refractivity contribution < 1.29 is 18.8 Å². The van der Waals surface area contributed by atoms with Gasteiger partial charge in [-0.3, -0.25) is 14.4 Å². The van der Waals surface area contributed by atoms with Crippen LogP contribution in [-0.4, -0.2) is 24.1 Å². The van der Waals surface area contributed by atoms with Gasteiger partial charge in [-0.1, -0.05) is 6.92 Å². The number of carbonyl (C=O) groups is 3. The second-order valence-corrected chi connectivity index (χ2v) is 4.67. The number of nitrogens with two attached hydrogens (primary N) is 1. The standard InChI is InChI=1S/C13H13FN2O3/c1-6-3-8(14)4-9-10(6)16(13(19)11(9)17)5-7(2)12(15)18/h3-4,7H,5H2,1-2H3,(H2,15,18). The molecule has 0 aromatic heterocycles. The van der Waals surface area contributed by atoms with Crippen LogP contribution in [0.3, 0.4) is 0 Å². The number of halogens is 1. The molecule has 19 heavy (non-hydrogen) atoms. The Bertz CT molecular complexity index is 598. The van der Waals surface area contributed by atoms with Crippen molar-refractivity contribution in [2.24, 2.45) is 11.7 Å². The van der Waals surface area contributed by atoms with E-state index in [1.165, 1.54) is 11.0 Å². The minimum absolute atomic E-state index is 0.0133. The number of nitrogens with zero attached hydrogens (tertiary/aromatic N) is 1. The van der Waals surface area contributed by atoms with Crippen LogP contribution < -0.4 is 10.6 Å². The molecule has 2 amide bonds. The molecular weight excluding hydrogens is 251 g/mol. The highest BCUT2D eigenvalue weighted by Gasteiger charge is 2.38. The van der Waals surface area contributed by atoms with E-state index in [9.17, 15) is 18.8 Å². The number of carbonyl (C=O) groups excluding carboxylic acids is 3. The smallest absolute Gasteiger partial charge is 0.299 e. The molecule has 0 aliphatic carbocycles. The van der Waals surface area contributed by atoms with Crippen molar-refractivity contribution in [1.29, 1.82) is 0 Å². The lowest BCUT2D eigenvalue weighted by molar-refractivity contribution is -0.121. The van der Waals surface area contributed by atoms with E-state index in [4.69, 9.17) is 5.73 Å². The number of Topliss-reactive ketones (excluding diaryl/α,β-unsaturated/α-hetero) is 1. The first-order chi connectivity index (χ1) is 8.82. The fourth-order valence-electron chi connectivity index (χ4n) is 2.14. The van der Waals surface area contributed by atoms with Crippen LogP contribution in [-0.2, 0) is 9.59 Å². The molecule has 0 saturated carbocycles. The Labute approximate surface area is 109 Å². The molecule has 0 radical (unpaired) electrons. The van der Waals surface area contributed by atoms with Crippen molar-refractivity contribution in [2.45, 2.75) is 13.8 Å². The van der Waals surface area contributed by atoms with E-state index in [2.05, 4.69) is 0 Å². The molecule has 100 valence electrons. The summed E-state index contributed by atoms with van der Waals surface area (Å²) in [7, 11) is 0. The number of amides is 2. The maximum Gasteiger partial charge on any atom is 0.299 e. The number of aryl methyl sites for hydroxylation is 1. The normalized spacial score (nSPS) is 15.6. The third-order valence-electron chi connectivity index (χ3n) is 3.16. The minimum atomic E-state index is -0.755. The van der Waals surface area contributed by atoms with Gasteiger partial charge in [0.1, 0.15) is 5.82 Å². The average Bonchev–Trinajstić information content (AvgIpc) is 2.54. The predicted molar refractivity (Wildman–Crippen MR) is 66.2 cm³/mol. The summed E-state index contributed by atoms with van der Waals surface area (Å²) in [6.45, 7) is 3.19. The van der Waals surface area contributed by atoms with Crippen LogP contribution in [0, 0.1) is 18.7 Å². The third-order valence-corrected chi connectivity index (χ3v) is 3.16. The van der Waals surface area contributed by atoms with Gasteiger partial charge in [0.15, 0.2) is 0 Å². The minimum Gasteiger partial charge on any atom is -0.369 e. The Morgan fingerprint density at radius 1 is 1.42 bits per heavy atom. The van der Waals surface area contributed by atoms with Crippen molar-refractivity contribution in [3.8, 4) is 0 Å². The molecule has 0 spiro atoms. The highest BCUT2D eigenvalue weighted by atomic mass is 19.1. The first-order valence-corrected chi connectivity index (χ1v) is 5.78. The number of rotatable bonds is 3. The zero-order valence-electron chi connectivity index (χ0n) is 10.6. The summed E-state index contributed by atoms with van der Waals surface area (Å²) in [6, 6.07) is 2.28. The summed E-state index contributed by atoms with van der Waals surface area (Å²) in [5.74, 6) is -3.23. The molecule has 0 saturated heterocycles. The van der Waals surface area contributed by atoms with Gasteiger partial charge >= 0.3 is 0 Å². The lowest BCUT2D eigenvalue weighted by Crippen LogP contribution is -2.38. The summed E-state index contributed by atoms with van der Waals surface area (Å²) < 4.78 is 13.3. The van der Waals surface area contributed by atoms with Crippen molar-refractivity contribution >= 4 is 23.3 Å². The van der Waals surface area contributed by atoms with Crippen LogP contribution in [0.15, 0.2) is 12.1 Å². The van der Waals surface area contributed by atoms with Crippen molar-refractivity contribution in [2.75, 3.05) is 11.4 Å². The van der Waals surface area contributed by atoms with Gasteiger partial charge in [-0.15, -0.1) is 0 Å². The van der Waals surface area contributed by atoms with Gasteiger partial charge in [0.2, 0.25) is 5.91 Å². The van der Waals surface area contributed by atoms with E-state index in [1.807, 2.05) is 0 Å². The SMILES string of the molecule is Cc1cc(F)cc2c1N(CC(C)C(N)=O)C(=O)C2=O. The van der Waals surface area contributed by atoms with E-state index < -0.39 is 29.3 Å². The Morgan fingerprint density at radius 2 is 2.05 bits per heavy atom. The Morgan fingerprint density at radius 3 is 2.63 bits per heavy atom. The van der Waals surface area contributed by atoms with Gasteiger partial charge in [-0.25, -0.2) is 4.39 Å². The fraction of sp³-hybridized carbons (Fsp3) is 0.308. The molecule has 6 heteroatoms. The molecule has 0 fully saturated rings. The Hall–Kier alpha value is -2.24. The zero-order valence-corrected chi connectivity index (χ0v) is 10.6. The molecule has 1 unspecified atom stereocenters. The first-order valence-electron chi connectivity index (χ1n) is 5.78. The molecule has 1 atom stereocenters. The molecule has 1 aliphatic heterocycles. The third kappa shape index (κ3) is 2.09. The highest BCUT2D eigenvalue weighted by Crippen LogP contribution is 2.33. The maximum atomic E-state index is 13.3. The predicted octanol–water partition coefficient (Wildman–Crippen LogP) is 0.785. The van der Waals surface area contributed by atoms with Gasteiger partial charge in [-0.2, -0.15) is 0 Å². The Kier molecular flexibility index (Phi) is 3.09. The van der Waals surface area contributed by atoms with Crippen LogP contribution >= 0.6 is 0 Å². The maximum absolute atomic E-state index is 13.3. The van der Waals surface area contributed by atoms with E-state index in [-0.39, 0.29) is 12.1 Å². The number of primary amides is 1. The summed E-state index contributed by atoms with van der Waals surface area (Å²) in [6.07, 6.45) is 0. The van der Waals surface area contributed by atoms with E-state index in [0.717, 1.165) is 6.07 Å². The van der Waals surface area contributed by atoms with E-state index in [0.29, 0.717) is 11.3 Å². The van der Waals surface area contributed by atoms with Gasteiger partial charge in [0, 0.05) is 6.54 Å². The lowest BCUT2D eigenvalue weighted by Gasteiger charge is -2.20. The van der Waals surface area contributed by atoms with Crippen LogP contribution in [0.4, 0.5) is 10.1 Å².